The van der Waals surface area contributed by atoms with Crippen molar-refractivity contribution >= 4 is 6.21 Å². The maximum atomic E-state index is 4.11. The molecule has 0 aromatic rings. The first-order chi connectivity index (χ1) is 3.93. The summed E-state index contributed by atoms with van der Waals surface area (Å²) in [5.41, 5.74) is 0. The smallest absolute Gasteiger partial charge is 0.0513 e. The van der Waals surface area contributed by atoms with Crippen LogP contribution < -0.4 is 0 Å². The summed E-state index contributed by atoms with van der Waals surface area (Å²) in [6.07, 6.45) is 1.99. The molecular weight excluding hydrogens is 112 g/mol. The monoisotopic (exact) mass is 128 g/mol. The molecule has 1 rings (SSSR count). The molecule has 0 N–H and O–H groups in total. The van der Waals surface area contributed by atoms with Crippen LogP contribution in [0.2, 0.25) is 0 Å². The van der Waals surface area contributed by atoms with E-state index >= 15 is 0 Å². The third kappa shape index (κ3) is 2.61. The Morgan fingerprint density at radius 3 is 2.78 bits per heavy atom. The Labute approximate surface area is 57.6 Å². The molecule has 0 aromatic heterocycles. The lowest BCUT2D eigenvalue weighted by atomic mass is 10.4. The fourth-order valence-corrected chi connectivity index (χ4v) is 0.842. The van der Waals surface area contributed by atoms with Gasteiger partial charge in [0.15, 0.2) is 0 Å². The molecule has 0 atom stereocenters. The fourth-order valence-electron chi connectivity index (χ4n) is 0.842. The van der Waals surface area contributed by atoms with Gasteiger partial charge in [-0.05, 0) is 6.54 Å². The molecule has 0 aliphatic carbocycles. The molecule has 9 heavy (non-hydrogen) atoms. The van der Waals surface area contributed by atoms with Gasteiger partial charge >= 0.3 is 0 Å². The highest BCUT2D eigenvalue weighted by atomic mass is 15.1. The van der Waals surface area contributed by atoms with Gasteiger partial charge in [0, 0.05) is 19.3 Å². The van der Waals surface area contributed by atoms with E-state index in [1.165, 1.54) is 0 Å². The van der Waals surface area contributed by atoms with Crippen molar-refractivity contribution < 1.29 is 0 Å². The standard InChI is InChI=1S/C6H12N2.CH4/c1-2-8-5-3-7-4-6-8;/h3H,2,4-6H2,1H3;1H4. The van der Waals surface area contributed by atoms with E-state index in [4.69, 9.17) is 0 Å². The molecule has 2 nitrogen and oxygen atoms in total. The molecule has 0 radical (unpaired) electrons. The molecule has 54 valence electrons. The van der Waals surface area contributed by atoms with Gasteiger partial charge in [0.05, 0.1) is 6.54 Å². The number of hydrogen-bond donors (Lipinski definition) is 0. The summed E-state index contributed by atoms with van der Waals surface area (Å²) >= 11 is 0. The lowest BCUT2D eigenvalue weighted by Crippen LogP contribution is -2.31. The summed E-state index contributed by atoms with van der Waals surface area (Å²) in [5, 5.41) is 0. The molecule has 0 spiro atoms. The van der Waals surface area contributed by atoms with Gasteiger partial charge in [-0.2, -0.15) is 0 Å². The first-order valence-corrected chi connectivity index (χ1v) is 3.14. The second kappa shape index (κ2) is 4.50. The molecule has 1 heterocycles. The van der Waals surface area contributed by atoms with E-state index in [1.54, 1.807) is 0 Å². The highest BCUT2D eigenvalue weighted by molar-refractivity contribution is 5.60. The van der Waals surface area contributed by atoms with Crippen molar-refractivity contribution in [3.8, 4) is 0 Å². The topological polar surface area (TPSA) is 15.6 Å². The van der Waals surface area contributed by atoms with Crippen LogP contribution in [0.1, 0.15) is 14.4 Å². The summed E-state index contributed by atoms with van der Waals surface area (Å²) in [6, 6.07) is 0. The van der Waals surface area contributed by atoms with Gasteiger partial charge in [0.1, 0.15) is 0 Å². The molecule has 0 fully saturated rings. The minimum absolute atomic E-state index is 0. The van der Waals surface area contributed by atoms with Crippen LogP contribution in [0.4, 0.5) is 0 Å². The molecular formula is C7H16N2. The van der Waals surface area contributed by atoms with Crippen molar-refractivity contribution in [1.82, 2.24) is 4.90 Å². The third-order valence-corrected chi connectivity index (χ3v) is 1.46. The van der Waals surface area contributed by atoms with Crippen LogP contribution in [0.25, 0.3) is 0 Å². The van der Waals surface area contributed by atoms with Gasteiger partial charge in [-0.3, -0.25) is 9.89 Å². The molecule has 0 aromatic carbocycles. The number of nitrogens with zero attached hydrogens (tertiary/aromatic N) is 2. The van der Waals surface area contributed by atoms with Gasteiger partial charge in [-0.15, -0.1) is 0 Å². The van der Waals surface area contributed by atoms with E-state index in [0.29, 0.717) is 0 Å². The zero-order chi connectivity index (χ0) is 5.82. The number of likely N-dealkylation sites (N-methyl/N-ethyl adjacent to an activating group) is 1. The van der Waals surface area contributed by atoms with Crippen molar-refractivity contribution in [2.45, 2.75) is 14.4 Å². The van der Waals surface area contributed by atoms with Crippen molar-refractivity contribution in [2.24, 2.45) is 4.99 Å². The molecule has 0 unspecified atom stereocenters. The molecule has 2 heteroatoms. The van der Waals surface area contributed by atoms with Crippen LogP contribution in [0.15, 0.2) is 4.99 Å². The average Bonchev–Trinajstić information content (AvgIpc) is 1.90. The Hall–Kier alpha value is -0.370. The van der Waals surface area contributed by atoms with Gasteiger partial charge in [-0.25, -0.2) is 0 Å². The summed E-state index contributed by atoms with van der Waals surface area (Å²) in [4.78, 5) is 6.48. The molecule has 1 aliphatic heterocycles. The van der Waals surface area contributed by atoms with Crippen molar-refractivity contribution in [3.05, 3.63) is 0 Å². The highest BCUT2D eigenvalue weighted by Gasteiger charge is 2.01. The van der Waals surface area contributed by atoms with Crippen LogP contribution >= 0.6 is 0 Å². The number of aliphatic imine (C=N–C) groups is 1. The first-order valence-electron chi connectivity index (χ1n) is 3.14. The van der Waals surface area contributed by atoms with Crippen molar-refractivity contribution in [1.29, 1.82) is 0 Å². The lowest BCUT2D eigenvalue weighted by Gasteiger charge is -2.19. The van der Waals surface area contributed by atoms with Crippen LogP contribution in [0, 0.1) is 0 Å². The molecule has 0 saturated carbocycles. The molecule has 0 saturated heterocycles. The maximum Gasteiger partial charge on any atom is 0.0513 e. The van der Waals surface area contributed by atoms with E-state index < -0.39 is 0 Å². The third-order valence-electron chi connectivity index (χ3n) is 1.46. The highest BCUT2D eigenvalue weighted by Crippen LogP contribution is 1.89. The predicted molar refractivity (Wildman–Crippen MR) is 42.2 cm³/mol. The predicted octanol–water partition coefficient (Wildman–Crippen LogP) is 1.03. The quantitative estimate of drug-likeness (QED) is 0.515. The van der Waals surface area contributed by atoms with Crippen LogP contribution in [0.5, 0.6) is 0 Å². The zero-order valence-corrected chi connectivity index (χ0v) is 5.30. The van der Waals surface area contributed by atoms with Crippen LogP contribution in [0.3, 0.4) is 0 Å². The van der Waals surface area contributed by atoms with E-state index in [1.807, 2.05) is 6.21 Å². The van der Waals surface area contributed by atoms with Gasteiger partial charge in [0.2, 0.25) is 0 Å². The van der Waals surface area contributed by atoms with E-state index in [9.17, 15) is 0 Å². The molecule has 1 aliphatic rings. The second-order valence-corrected chi connectivity index (χ2v) is 1.98. The minimum Gasteiger partial charge on any atom is -0.297 e. The van der Waals surface area contributed by atoms with Crippen molar-refractivity contribution in [2.75, 3.05) is 26.2 Å². The average molecular weight is 128 g/mol. The lowest BCUT2D eigenvalue weighted by molar-refractivity contribution is 0.330. The van der Waals surface area contributed by atoms with Crippen LogP contribution in [-0.4, -0.2) is 37.3 Å². The Kier molecular flexibility index (Phi) is 4.32. The summed E-state index contributed by atoms with van der Waals surface area (Å²) < 4.78 is 0. The van der Waals surface area contributed by atoms with E-state index in [-0.39, 0.29) is 7.43 Å². The Balaban J connectivity index is 0.000000640. The largest absolute Gasteiger partial charge is 0.297 e. The second-order valence-electron chi connectivity index (χ2n) is 1.98. The molecule has 0 bridgehead atoms. The fraction of sp³-hybridized carbons (Fsp3) is 0.857. The first kappa shape index (κ1) is 8.63. The van der Waals surface area contributed by atoms with Gasteiger partial charge < -0.3 is 0 Å². The maximum absolute atomic E-state index is 4.11. The Morgan fingerprint density at radius 1 is 1.67 bits per heavy atom. The van der Waals surface area contributed by atoms with Gasteiger partial charge in [-0.1, -0.05) is 14.4 Å². The Bertz CT molecular complexity index is 88.9. The normalized spacial score (nSPS) is 19.2. The summed E-state index contributed by atoms with van der Waals surface area (Å²) in [7, 11) is 0. The SMILES string of the molecule is C.CCN1CC=NCC1. The number of rotatable bonds is 1. The zero-order valence-electron chi connectivity index (χ0n) is 5.30. The van der Waals surface area contributed by atoms with E-state index in [0.717, 1.165) is 26.2 Å². The summed E-state index contributed by atoms with van der Waals surface area (Å²) in [6.45, 7) is 6.53. The van der Waals surface area contributed by atoms with E-state index in [2.05, 4.69) is 16.8 Å². The Morgan fingerprint density at radius 2 is 2.44 bits per heavy atom. The van der Waals surface area contributed by atoms with Crippen molar-refractivity contribution in [3.63, 3.8) is 0 Å². The number of hydrogen-bond acceptors (Lipinski definition) is 2. The van der Waals surface area contributed by atoms with Gasteiger partial charge in [0.25, 0.3) is 0 Å². The molecule has 0 amide bonds. The summed E-state index contributed by atoms with van der Waals surface area (Å²) in [5.74, 6) is 0. The van der Waals surface area contributed by atoms with Crippen LogP contribution in [-0.2, 0) is 0 Å². The minimum atomic E-state index is 0.